The number of aliphatic carboxylic acids is 1. The lowest BCUT2D eigenvalue weighted by Gasteiger charge is -2.18. The predicted molar refractivity (Wildman–Crippen MR) is 138 cm³/mol. The van der Waals surface area contributed by atoms with E-state index in [9.17, 15) is 18.4 Å². The van der Waals surface area contributed by atoms with Crippen molar-refractivity contribution in [2.24, 2.45) is 0 Å². The summed E-state index contributed by atoms with van der Waals surface area (Å²) < 4.78 is 33.3. The summed E-state index contributed by atoms with van der Waals surface area (Å²) in [6.45, 7) is 7.43. The first-order valence-corrected chi connectivity index (χ1v) is 12.6. The number of ether oxygens (including phenoxy) is 1. The maximum Gasteiger partial charge on any atom is 0.305 e. The molecule has 0 fully saturated rings. The number of aryl methyl sites for hydroxylation is 2. The maximum absolute atomic E-state index is 13.6. The second-order valence-electron chi connectivity index (χ2n) is 8.92. The first-order chi connectivity index (χ1) is 17.0. The van der Waals surface area contributed by atoms with Crippen LogP contribution in [0.3, 0.4) is 0 Å². The first kappa shape index (κ1) is 27.3. The molecule has 0 aliphatic heterocycles. The Hall–Kier alpha value is -3.26. The van der Waals surface area contributed by atoms with Gasteiger partial charge in [-0.1, -0.05) is 31.2 Å². The third-order valence-corrected chi connectivity index (χ3v) is 7.25. The van der Waals surface area contributed by atoms with E-state index in [0.29, 0.717) is 11.5 Å². The van der Waals surface area contributed by atoms with Crippen molar-refractivity contribution in [3.63, 3.8) is 0 Å². The average molecular weight is 516 g/mol. The number of carbonyl (C=O) groups is 2. The van der Waals surface area contributed by atoms with Crippen LogP contribution in [-0.4, -0.2) is 30.1 Å². The smallest absolute Gasteiger partial charge is 0.305 e. The van der Waals surface area contributed by atoms with Crippen LogP contribution in [0.4, 0.5) is 8.78 Å². The fraction of sp³-hybridized carbons (Fsp3) is 0.357. The molecule has 0 spiro atoms. The molecule has 0 bridgehead atoms. The number of hydrogen-bond donors (Lipinski definition) is 2. The first-order valence-electron chi connectivity index (χ1n) is 11.8. The lowest BCUT2D eigenvalue weighted by atomic mass is 9.94. The fourth-order valence-corrected chi connectivity index (χ4v) is 5.15. The van der Waals surface area contributed by atoms with E-state index in [2.05, 4.69) is 12.2 Å². The number of carboxylic acid groups (broad SMARTS) is 1. The summed E-state index contributed by atoms with van der Waals surface area (Å²) in [6.07, 6.45) is 0.706. The third-order valence-electron chi connectivity index (χ3n) is 6.01. The Labute approximate surface area is 214 Å². The Kier molecular flexibility index (Phi) is 8.84. The SMILES string of the molecule is CCC(COc1cc(C)c(-c2ccc(C(C)(F)F)cc2)c(C)c1)c1ccc(C(=O)NCCC(=O)O)s1. The van der Waals surface area contributed by atoms with Crippen LogP contribution in [-0.2, 0) is 10.7 Å². The van der Waals surface area contributed by atoms with E-state index in [1.54, 1.807) is 18.2 Å². The molecule has 1 heterocycles. The number of carboxylic acids is 1. The average Bonchev–Trinajstić information content (AvgIpc) is 3.29. The van der Waals surface area contributed by atoms with Crippen LogP contribution in [0.15, 0.2) is 48.5 Å². The van der Waals surface area contributed by atoms with Crippen LogP contribution in [0.5, 0.6) is 5.75 Å². The van der Waals surface area contributed by atoms with Crippen molar-refractivity contribution in [1.82, 2.24) is 5.32 Å². The Morgan fingerprint density at radius 2 is 1.72 bits per heavy atom. The molecule has 1 unspecified atom stereocenters. The van der Waals surface area contributed by atoms with Gasteiger partial charge in [-0.15, -0.1) is 11.3 Å². The molecule has 1 amide bonds. The number of alkyl halides is 2. The molecule has 5 nitrogen and oxygen atoms in total. The van der Waals surface area contributed by atoms with E-state index >= 15 is 0 Å². The molecule has 0 aliphatic carbocycles. The summed E-state index contributed by atoms with van der Waals surface area (Å²) in [4.78, 5) is 24.5. The van der Waals surface area contributed by atoms with E-state index in [1.807, 2.05) is 32.0 Å². The number of benzene rings is 2. The lowest BCUT2D eigenvalue weighted by molar-refractivity contribution is -0.136. The van der Waals surface area contributed by atoms with Gasteiger partial charge in [0.05, 0.1) is 17.9 Å². The molecule has 1 atom stereocenters. The summed E-state index contributed by atoms with van der Waals surface area (Å²) in [6, 6.07) is 13.9. The van der Waals surface area contributed by atoms with Crippen molar-refractivity contribution in [3.8, 4) is 16.9 Å². The van der Waals surface area contributed by atoms with Crippen LogP contribution < -0.4 is 10.1 Å². The normalized spacial score (nSPS) is 12.3. The molecule has 8 heteroatoms. The maximum atomic E-state index is 13.6. The number of amides is 1. The molecule has 2 aromatic carbocycles. The minimum Gasteiger partial charge on any atom is -0.493 e. The topological polar surface area (TPSA) is 75.6 Å². The van der Waals surface area contributed by atoms with Crippen molar-refractivity contribution in [1.29, 1.82) is 0 Å². The van der Waals surface area contributed by atoms with Gasteiger partial charge in [0.25, 0.3) is 11.8 Å². The second kappa shape index (κ2) is 11.6. The Morgan fingerprint density at radius 1 is 1.08 bits per heavy atom. The van der Waals surface area contributed by atoms with E-state index < -0.39 is 11.9 Å². The van der Waals surface area contributed by atoms with Crippen molar-refractivity contribution >= 4 is 23.2 Å². The largest absolute Gasteiger partial charge is 0.493 e. The summed E-state index contributed by atoms with van der Waals surface area (Å²) in [5.41, 5.74) is 3.85. The number of hydrogen-bond acceptors (Lipinski definition) is 4. The highest BCUT2D eigenvalue weighted by molar-refractivity contribution is 7.14. The molecule has 1 aromatic heterocycles. The van der Waals surface area contributed by atoms with Gasteiger partial charge in [-0.2, -0.15) is 0 Å². The summed E-state index contributed by atoms with van der Waals surface area (Å²) in [5, 5.41) is 11.3. The van der Waals surface area contributed by atoms with Gasteiger partial charge in [0, 0.05) is 29.8 Å². The minimum absolute atomic E-state index is 0.0124. The Balaban J connectivity index is 1.68. The highest BCUT2D eigenvalue weighted by atomic mass is 32.1. The van der Waals surface area contributed by atoms with Crippen LogP contribution >= 0.6 is 11.3 Å². The Bertz CT molecular complexity index is 1190. The van der Waals surface area contributed by atoms with Crippen LogP contribution in [0, 0.1) is 13.8 Å². The number of nitrogens with one attached hydrogen (secondary N) is 1. The van der Waals surface area contributed by atoms with Gasteiger partial charge in [-0.25, -0.2) is 8.78 Å². The molecule has 0 aliphatic rings. The standard InChI is InChI=1S/C28H31F2NO4S/c1-5-19(23-10-11-24(36-23)27(34)31-13-12-25(32)33)16-35-22-14-17(2)26(18(3)15-22)20-6-8-21(9-7-20)28(4,29)30/h6-11,14-15,19H,5,12-13,16H2,1-4H3,(H,31,34)(H,32,33). The second-order valence-corrected chi connectivity index (χ2v) is 10.0. The van der Waals surface area contributed by atoms with Gasteiger partial charge in [0.2, 0.25) is 0 Å². The quantitative estimate of drug-likeness (QED) is 0.291. The number of carbonyl (C=O) groups excluding carboxylic acids is 1. The third kappa shape index (κ3) is 6.91. The van der Waals surface area contributed by atoms with Crippen LogP contribution in [0.25, 0.3) is 11.1 Å². The monoisotopic (exact) mass is 515 g/mol. The van der Waals surface area contributed by atoms with Gasteiger partial charge in [-0.05, 0) is 66.8 Å². The predicted octanol–water partition coefficient (Wildman–Crippen LogP) is 6.92. The van der Waals surface area contributed by atoms with Crippen LogP contribution in [0.1, 0.15) is 63.8 Å². The van der Waals surface area contributed by atoms with Crippen molar-refractivity contribution in [2.45, 2.75) is 52.4 Å². The van der Waals surface area contributed by atoms with Gasteiger partial charge in [-0.3, -0.25) is 9.59 Å². The lowest BCUT2D eigenvalue weighted by Crippen LogP contribution is -2.25. The van der Waals surface area contributed by atoms with E-state index in [4.69, 9.17) is 9.84 Å². The molecule has 3 rings (SSSR count). The zero-order chi connectivity index (χ0) is 26.5. The molecule has 2 N–H and O–H groups in total. The van der Waals surface area contributed by atoms with Gasteiger partial charge < -0.3 is 15.2 Å². The zero-order valence-corrected chi connectivity index (χ0v) is 21.7. The van der Waals surface area contributed by atoms with E-state index in [-0.39, 0.29) is 30.4 Å². The molecule has 0 saturated heterocycles. The van der Waals surface area contributed by atoms with Crippen molar-refractivity contribution in [3.05, 3.63) is 75.0 Å². The highest BCUT2D eigenvalue weighted by Crippen LogP contribution is 2.34. The van der Waals surface area contributed by atoms with E-state index in [0.717, 1.165) is 46.2 Å². The molecule has 0 radical (unpaired) electrons. The van der Waals surface area contributed by atoms with Gasteiger partial charge in [0.1, 0.15) is 5.75 Å². The Morgan fingerprint density at radius 3 is 2.28 bits per heavy atom. The summed E-state index contributed by atoms with van der Waals surface area (Å²) >= 11 is 1.38. The van der Waals surface area contributed by atoms with E-state index in [1.165, 1.54) is 23.5 Å². The molecular formula is C28H31F2NO4S. The molecule has 3 aromatic rings. The highest BCUT2D eigenvalue weighted by Gasteiger charge is 2.24. The van der Waals surface area contributed by atoms with Crippen molar-refractivity contribution < 1.29 is 28.2 Å². The molecular weight excluding hydrogens is 484 g/mol. The number of rotatable bonds is 11. The summed E-state index contributed by atoms with van der Waals surface area (Å²) in [7, 11) is 0. The fourth-order valence-electron chi connectivity index (χ4n) is 4.05. The van der Waals surface area contributed by atoms with Crippen LogP contribution in [0.2, 0.25) is 0 Å². The summed E-state index contributed by atoms with van der Waals surface area (Å²) in [5.74, 6) is -3.28. The van der Waals surface area contributed by atoms with Crippen molar-refractivity contribution in [2.75, 3.05) is 13.2 Å². The molecule has 0 saturated carbocycles. The van der Waals surface area contributed by atoms with Gasteiger partial charge >= 0.3 is 5.97 Å². The zero-order valence-electron chi connectivity index (χ0n) is 20.9. The number of halogens is 2. The number of thiophene rings is 1. The molecule has 192 valence electrons. The molecule has 36 heavy (non-hydrogen) atoms. The minimum atomic E-state index is -2.87. The van der Waals surface area contributed by atoms with Gasteiger partial charge in [0.15, 0.2) is 0 Å².